The van der Waals surface area contributed by atoms with E-state index in [1.807, 2.05) is 13.1 Å². The zero-order chi connectivity index (χ0) is 13.5. The summed E-state index contributed by atoms with van der Waals surface area (Å²) in [4.78, 5) is 0. The van der Waals surface area contributed by atoms with E-state index in [1.54, 1.807) is 11.8 Å². The third kappa shape index (κ3) is 4.02. The molecule has 0 spiro atoms. The van der Waals surface area contributed by atoms with E-state index in [0.717, 1.165) is 31.0 Å². The van der Waals surface area contributed by atoms with Crippen molar-refractivity contribution >= 4 is 0 Å². The predicted molar refractivity (Wildman–Crippen MR) is 74.9 cm³/mol. The normalized spacial score (nSPS) is 14.5. The molecule has 0 saturated carbocycles. The highest BCUT2D eigenvalue weighted by Crippen LogP contribution is 2.24. The topological polar surface area (TPSA) is 39.1 Å². The van der Waals surface area contributed by atoms with E-state index in [-0.39, 0.29) is 0 Å². The number of nitrogens with one attached hydrogen (secondary N) is 1. The van der Waals surface area contributed by atoms with Crippen LogP contribution in [0.25, 0.3) is 0 Å². The summed E-state index contributed by atoms with van der Waals surface area (Å²) in [6, 6.07) is 2.37. The fourth-order valence-electron chi connectivity index (χ4n) is 2.03. The molecule has 0 amide bonds. The van der Waals surface area contributed by atoms with Gasteiger partial charge in [-0.3, -0.25) is 0 Å². The van der Waals surface area contributed by atoms with Crippen molar-refractivity contribution in [3.05, 3.63) is 11.8 Å². The highest BCUT2D eigenvalue weighted by Gasteiger charge is 2.18. The maximum absolute atomic E-state index is 5.28. The van der Waals surface area contributed by atoms with Gasteiger partial charge in [-0.05, 0) is 25.3 Å². The van der Waals surface area contributed by atoms with Crippen LogP contribution < -0.4 is 10.1 Å². The third-order valence-corrected chi connectivity index (χ3v) is 3.40. The van der Waals surface area contributed by atoms with Crippen LogP contribution >= 0.6 is 0 Å². The first-order valence-electron chi connectivity index (χ1n) is 6.93. The Morgan fingerprint density at radius 1 is 1.44 bits per heavy atom. The lowest BCUT2D eigenvalue weighted by Gasteiger charge is -2.19. The quantitative estimate of drug-likeness (QED) is 0.774. The van der Waals surface area contributed by atoms with E-state index >= 15 is 0 Å². The largest absolute Gasteiger partial charge is 0.481 e. The molecule has 0 aromatic carbocycles. The molecule has 0 aliphatic heterocycles. The Hall–Kier alpha value is -1.03. The minimum Gasteiger partial charge on any atom is -0.481 e. The zero-order valence-corrected chi connectivity index (χ0v) is 12.4. The Bertz CT molecular complexity index is 349. The lowest BCUT2D eigenvalue weighted by atomic mass is 9.97. The van der Waals surface area contributed by atoms with Crippen LogP contribution in [0, 0.1) is 5.92 Å². The van der Waals surface area contributed by atoms with E-state index in [2.05, 4.69) is 31.2 Å². The van der Waals surface area contributed by atoms with Crippen LogP contribution in [-0.4, -0.2) is 23.4 Å². The summed E-state index contributed by atoms with van der Waals surface area (Å²) in [5.41, 5.74) is 1.09. The van der Waals surface area contributed by atoms with Gasteiger partial charge in [0.25, 0.3) is 0 Å². The number of hydrogen-bond donors (Lipinski definition) is 1. The molecule has 1 heterocycles. The average Bonchev–Trinajstić information content (AvgIpc) is 2.75. The van der Waals surface area contributed by atoms with Crippen LogP contribution in [0.2, 0.25) is 0 Å². The van der Waals surface area contributed by atoms with Crippen LogP contribution in [0.1, 0.15) is 51.8 Å². The number of aryl methyl sites for hydroxylation is 1. The molecule has 0 saturated heterocycles. The van der Waals surface area contributed by atoms with Crippen molar-refractivity contribution in [2.24, 2.45) is 13.0 Å². The van der Waals surface area contributed by atoms with Crippen molar-refractivity contribution in [2.45, 2.75) is 46.1 Å². The lowest BCUT2D eigenvalue weighted by Crippen LogP contribution is -2.24. The van der Waals surface area contributed by atoms with E-state index < -0.39 is 0 Å². The van der Waals surface area contributed by atoms with Crippen molar-refractivity contribution < 1.29 is 4.74 Å². The summed E-state index contributed by atoms with van der Waals surface area (Å²) in [5.74, 6) is 1.52. The summed E-state index contributed by atoms with van der Waals surface area (Å²) in [6.07, 6.45) is 3.46. The number of rotatable bonds is 8. The monoisotopic (exact) mass is 253 g/mol. The van der Waals surface area contributed by atoms with Crippen LogP contribution in [0.3, 0.4) is 0 Å². The van der Waals surface area contributed by atoms with Gasteiger partial charge in [0, 0.05) is 13.1 Å². The third-order valence-electron chi connectivity index (χ3n) is 3.40. The highest BCUT2D eigenvalue weighted by atomic mass is 16.5. The van der Waals surface area contributed by atoms with Crippen LogP contribution in [0.15, 0.2) is 6.07 Å². The first-order chi connectivity index (χ1) is 8.62. The smallest absolute Gasteiger partial charge is 0.211 e. The number of nitrogens with zero attached hydrogens (tertiary/aromatic N) is 2. The fraction of sp³-hybridized carbons (Fsp3) is 0.786. The van der Waals surface area contributed by atoms with Gasteiger partial charge in [0.05, 0.1) is 18.8 Å². The molecule has 1 rings (SSSR count). The Labute approximate surface area is 111 Å². The predicted octanol–water partition coefficient (Wildman–Crippen LogP) is 2.91. The second-order valence-corrected chi connectivity index (χ2v) is 4.99. The Balaban J connectivity index is 2.79. The number of hydrogen-bond acceptors (Lipinski definition) is 3. The number of aromatic nitrogens is 2. The molecule has 18 heavy (non-hydrogen) atoms. The first-order valence-corrected chi connectivity index (χ1v) is 6.93. The maximum Gasteiger partial charge on any atom is 0.211 e. The molecular formula is C14H27N3O. The second-order valence-electron chi connectivity index (χ2n) is 4.99. The average molecular weight is 253 g/mol. The van der Waals surface area contributed by atoms with E-state index in [9.17, 15) is 0 Å². The molecule has 2 unspecified atom stereocenters. The summed E-state index contributed by atoms with van der Waals surface area (Å²) < 4.78 is 7.08. The first kappa shape index (κ1) is 15.0. The number of methoxy groups -OCH3 is 1. The molecule has 1 N–H and O–H groups in total. The maximum atomic E-state index is 5.28. The standard InChI is InChI=1S/C14H27N3O/c1-6-8-15-12(9-11(3)7-2)13-10-14(18-5)17(4)16-13/h10-12,15H,6-9H2,1-5H3. The van der Waals surface area contributed by atoms with E-state index in [4.69, 9.17) is 4.74 Å². The SMILES string of the molecule is CCCNC(CC(C)CC)c1cc(OC)n(C)n1. The molecule has 4 nitrogen and oxygen atoms in total. The van der Waals surface area contributed by atoms with Crippen molar-refractivity contribution in [1.29, 1.82) is 0 Å². The Kier molecular flexibility index (Phi) is 6.19. The van der Waals surface area contributed by atoms with Gasteiger partial charge in [0.1, 0.15) is 0 Å². The van der Waals surface area contributed by atoms with Gasteiger partial charge >= 0.3 is 0 Å². The molecule has 4 heteroatoms. The molecule has 0 aliphatic carbocycles. The molecule has 2 atom stereocenters. The molecule has 1 aromatic rings. The second kappa shape index (κ2) is 7.41. The van der Waals surface area contributed by atoms with Gasteiger partial charge in [-0.1, -0.05) is 27.2 Å². The van der Waals surface area contributed by atoms with Gasteiger partial charge in [0.15, 0.2) is 0 Å². The molecule has 104 valence electrons. The van der Waals surface area contributed by atoms with Crippen molar-refractivity contribution in [3.8, 4) is 5.88 Å². The molecule has 1 aromatic heterocycles. The van der Waals surface area contributed by atoms with Gasteiger partial charge in [-0.2, -0.15) is 5.10 Å². The minimum absolute atomic E-state index is 0.329. The molecule has 0 aliphatic rings. The van der Waals surface area contributed by atoms with Crippen molar-refractivity contribution in [1.82, 2.24) is 15.1 Å². The van der Waals surface area contributed by atoms with Crippen LogP contribution in [0.5, 0.6) is 5.88 Å². The van der Waals surface area contributed by atoms with E-state index in [1.165, 1.54) is 6.42 Å². The molecule has 0 bridgehead atoms. The van der Waals surface area contributed by atoms with Crippen molar-refractivity contribution in [3.63, 3.8) is 0 Å². The molecular weight excluding hydrogens is 226 g/mol. The lowest BCUT2D eigenvalue weighted by molar-refractivity contribution is 0.372. The minimum atomic E-state index is 0.329. The summed E-state index contributed by atoms with van der Waals surface area (Å²) in [7, 11) is 3.60. The summed E-state index contributed by atoms with van der Waals surface area (Å²) in [5, 5.41) is 8.14. The van der Waals surface area contributed by atoms with Crippen molar-refractivity contribution in [2.75, 3.05) is 13.7 Å². The van der Waals surface area contributed by atoms with Gasteiger partial charge in [-0.15, -0.1) is 0 Å². The molecule has 0 radical (unpaired) electrons. The number of ether oxygens (including phenoxy) is 1. The van der Waals surface area contributed by atoms with Gasteiger partial charge < -0.3 is 10.1 Å². The van der Waals surface area contributed by atoms with E-state index in [0.29, 0.717) is 12.0 Å². The Morgan fingerprint density at radius 3 is 2.67 bits per heavy atom. The highest BCUT2D eigenvalue weighted by molar-refractivity contribution is 5.18. The van der Waals surface area contributed by atoms with Crippen LogP contribution in [0.4, 0.5) is 0 Å². The van der Waals surface area contributed by atoms with Gasteiger partial charge in [-0.25, -0.2) is 4.68 Å². The van der Waals surface area contributed by atoms with Crippen LogP contribution in [-0.2, 0) is 7.05 Å². The summed E-state index contributed by atoms with van der Waals surface area (Å²) >= 11 is 0. The van der Waals surface area contributed by atoms with Gasteiger partial charge in [0.2, 0.25) is 5.88 Å². The summed E-state index contributed by atoms with van der Waals surface area (Å²) in [6.45, 7) is 7.74. The zero-order valence-electron chi connectivity index (χ0n) is 12.4. The Morgan fingerprint density at radius 2 is 2.17 bits per heavy atom. The fourth-order valence-corrected chi connectivity index (χ4v) is 2.03. The molecule has 0 fully saturated rings.